The molecule has 2 N–H and O–H groups in total. The molecular weight excluding hydrogens is 420 g/mol. The predicted octanol–water partition coefficient (Wildman–Crippen LogP) is 2.47. The largest absolute Gasteiger partial charge is 0.359 e. The third-order valence-electron chi connectivity index (χ3n) is 6.12. The van der Waals surface area contributed by atoms with Crippen LogP contribution in [0.2, 0.25) is 0 Å². The van der Waals surface area contributed by atoms with E-state index in [4.69, 9.17) is 4.98 Å². The second-order valence-corrected chi connectivity index (χ2v) is 10.5. The summed E-state index contributed by atoms with van der Waals surface area (Å²) in [5.41, 5.74) is 1.14. The molecule has 30 heavy (non-hydrogen) atoms. The fourth-order valence-electron chi connectivity index (χ4n) is 4.38. The zero-order valence-corrected chi connectivity index (χ0v) is 19.1. The molecule has 1 fully saturated rings. The molecule has 2 aromatic heterocycles. The minimum atomic E-state index is -0.223. The average Bonchev–Trinajstić information content (AvgIpc) is 3.15. The number of carbonyl (C=O) groups is 2. The fourth-order valence-corrected chi connectivity index (χ4v) is 6.49. The van der Waals surface area contributed by atoms with Gasteiger partial charge >= 0.3 is 0 Å². The maximum absolute atomic E-state index is 12.8. The molecule has 9 heteroatoms. The van der Waals surface area contributed by atoms with Crippen molar-refractivity contribution in [1.82, 2.24) is 20.2 Å². The number of likely N-dealkylation sites (tertiary alicyclic amines) is 1. The molecule has 3 heterocycles. The molecule has 0 spiro atoms. The second-order valence-electron chi connectivity index (χ2n) is 8.07. The van der Waals surface area contributed by atoms with E-state index in [9.17, 15) is 14.4 Å². The van der Waals surface area contributed by atoms with Gasteiger partial charge in [0.15, 0.2) is 0 Å². The van der Waals surface area contributed by atoms with Crippen molar-refractivity contribution >= 4 is 45.1 Å². The molecular formula is C21H28N4O3S2. The number of hydrogen-bond acceptors (Lipinski definition) is 6. The van der Waals surface area contributed by atoms with Gasteiger partial charge in [-0.3, -0.25) is 14.4 Å². The van der Waals surface area contributed by atoms with Crippen molar-refractivity contribution in [3.05, 3.63) is 26.6 Å². The molecule has 7 nitrogen and oxygen atoms in total. The Kier molecular flexibility index (Phi) is 6.48. The Bertz CT molecular complexity index is 1010. The van der Waals surface area contributed by atoms with Gasteiger partial charge in [0.05, 0.1) is 16.4 Å². The number of aromatic nitrogens is 2. The molecule has 2 amide bonds. The van der Waals surface area contributed by atoms with Crippen molar-refractivity contribution < 1.29 is 9.59 Å². The van der Waals surface area contributed by atoms with E-state index >= 15 is 0 Å². The molecule has 4 rings (SSSR count). The van der Waals surface area contributed by atoms with Gasteiger partial charge in [-0.1, -0.05) is 0 Å². The number of amides is 2. The van der Waals surface area contributed by atoms with Gasteiger partial charge in [0.25, 0.3) is 5.56 Å². The van der Waals surface area contributed by atoms with Crippen molar-refractivity contribution in [3.63, 3.8) is 0 Å². The Hall–Kier alpha value is -1.87. The van der Waals surface area contributed by atoms with Gasteiger partial charge in [-0.2, -0.15) is 0 Å². The standard InChI is InChI=1S/C21H28N4O3S2/c1-12(21(28)25-9-7-13(8-10-25)18(26)22-2)29-11-16-23-19(27)17-14-5-3-4-6-15(14)30-20(17)24-16/h12-13H,3-11H2,1-2H3,(H,22,26)(H,23,24,27). The lowest BCUT2D eigenvalue weighted by molar-refractivity contribution is -0.134. The lowest BCUT2D eigenvalue weighted by Gasteiger charge is -2.32. The highest BCUT2D eigenvalue weighted by molar-refractivity contribution is 7.99. The SMILES string of the molecule is CNC(=O)C1CCN(C(=O)C(C)SCc2nc3sc4c(c3c(=O)[nH]2)CCCC4)CC1. The summed E-state index contributed by atoms with van der Waals surface area (Å²) in [6, 6.07) is 0. The fraction of sp³-hybridized carbons (Fsp3) is 0.619. The van der Waals surface area contributed by atoms with Crippen LogP contribution in [0.3, 0.4) is 0 Å². The zero-order valence-electron chi connectivity index (χ0n) is 17.5. The van der Waals surface area contributed by atoms with Gasteiger partial charge < -0.3 is 15.2 Å². The highest BCUT2D eigenvalue weighted by atomic mass is 32.2. The Morgan fingerprint density at radius 2 is 2.03 bits per heavy atom. The number of hydrogen-bond donors (Lipinski definition) is 2. The van der Waals surface area contributed by atoms with E-state index in [0.29, 0.717) is 37.5 Å². The minimum Gasteiger partial charge on any atom is -0.359 e. The number of rotatable bonds is 5. The monoisotopic (exact) mass is 448 g/mol. The summed E-state index contributed by atoms with van der Waals surface area (Å²) in [6.45, 7) is 3.13. The normalized spacial score (nSPS) is 18.3. The number of thiophene rings is 1. The van der Waals surface area contributed by atoms with Gasteiger partial charge in [-0.25, -0.2) is 4.98 Å². The molecule has 1 aliphatic heterocycles. The van der Waals surface area contributed by atoms with Crippen LogP contribution < -0.4 is 10.9 Å². The summed E-state index contributed by atoms with van der Waals surface area (Å²) < 4.78 is 0. The molecule has 1 aliphatic carbocycles. The molecule has 0 aromatic carbocycles. The van der Waals surface area contributed by atoms with Crippen molar-refractivity contribution in [2.24, 2.45) is 5.92 Å². The number of aromatic amines is 1. The van der Waals surface area contributed by atoms with E-state index in [0.717, 1.165) is 29.5 Å². The third-order valence-corrected chi connectivity index (χ3v) is 8.44. The van der Waals surface area contributed by atoms with E-state index in [2.05, 4.69) is 10.3 Å². The average molecular weight is 449 g/mol. The number of fused-ring (bicyclic) bond motifs is 3. The molecule has 0 saturated carbocycles. The Morgan fingerprint density at radius 3 is 2.77 bits per heavy atom. The lowest BCUT2D eigenvalue weighted by Crippen LogP contribution is -2.45. The smallest absolute Gasteiger partial charge is 0.259 e. The Morgan fingerprint density at radius 1 is 1.30 bits per heavy atom. The Labute approximate surface area is 184 Å². The second kappa shape index (κ2) is 9.09. The molecule has 1 saturated heterocycles. The van der Waals surface area contributed by atoms with E-state index in [1.54, 1.807) is 18.4 Å². The predicted molar refractivity (Wildman–Crippen MR) is 121 cm³/mol. The van der Waals surface area contributed by atoms with Crippen LogP contribution >= 0.6 is 23.1 Å². The van der Waals surface area contributed by atoms with Crippen LogP contribution in [-0.4, -0.2) is 52.1 Å². The van der Waals surface area contributed by atoms with Crippen molar-refractivity contribution in [2.45, 2.75) is 56.5 Å². The minimum absolute atomic E-state index is 0.000341. The summed E-state index contributed by atoms with van der Waals surface area (Å²) in [7, 11) is 1.65. The quantitative estimate of drug-likeness (QED) is 0.733. The maximum atomic E-state index is 12.8. The van der Waals surface area contributed by atoms with Crippen molar-refractivity contribution in [3.8, 4) is 0 Å². The first-order valence-electron chi connectivity index (χ1n) is 10.6. The molecule has 1 atom stereocenters. The molecule has 2 aliphatic rings. The number of H-pyrrole nitrogens is 1. The summed E-state index contributed by atoms with van der Waals surface area (Å²) >= 11 is 3.14. The first kappa shape index (κ1) is 21.4. The highest BCUT2D eigenvalue weighted by Gasteiger charge is 2.29. The lowest BCUT2D eigenvalue weighted by atomic mass is 9.96. The summed E-state index contributed by atoms with van der Waals surface area (Å²) in [5, 5.41) is 3.24. The van der Waals surface area contributed by atoms with Crippen LogP contribution in [0.4, 0.5) is 0 Å². The van der Waals surface area contributed by atoms with Gasteiger partial charge in [0, 0.05) is 30.9 Å². The van der Waals surface area contributed by atoms with E-state index < -0.39 is 0 Å². The van der Waals surface area contributed by atoms with Crippen LogP contribution in [0, 0.1) is 5.92 Å². The Balaban J connectivity index is 1.37. The number of aryl methyl sites for hydroxylation is 2. The zero-order chi connectivity index (χ0) is 21.3. The number of thioether (sulfide) groups is 1. The van der Waals surface area contributed by atoms with Crippen LogP contribution in [0.1, 0.15) is 48.9 Å². The van der Waals surface area contributed by atoms with Crippen LogP contribution in [-0.2, 0) is 28.2 Å². The topological polar surface area (TPSA) is 95.2 Å². The molecule has 0 radical (unpaired) electrons. The van der Waals surface area contributed by atoms with Gasteiger partial charge in [-0.05, 0) is 51.0 Å². The third kappa shape index (κ3) is 4.27. The summed E-state index contributed by atoms with van der Waals surface area (Å²) in [4.78, 5) is 48.8. The summed E-state index contributed by atoms with van der Waals surface area (Å²) in [6.07, 6.45) is 5.74. The molecule has 2 aromatic rings. The van der Waals surface area contributed by atoms with Gasteiger partial charge in [0.1, 0.15) is 10.7 Å². The van der Waals surface area contributed by atoms with E-state index in [-0.39, 0.29) is 28.5 Å². The first-order chi connectivity index (χ1) is 14.5. The number of piperidine rings is 1. The van der Waals surface area contributed by atoms with E-state index in [1.807, 2.05) is 11.8 Å². The maximum Gasteiger partial charge on any atom is 0.259 e. The number of carbonyl (C=O) groups excluding carboxylic acids is 2. The van der Waals surface area contributed by atoms with Crippen LogP contribution in [0.15, 0.2) is 4.79 Å². The summed E-state index contributed by atoms with van der Waals surface area (Å²) in [5.74, 6) is 1.28. The molecule has 162 valence electrons. The first-order valence-corrected chi connectivity index (χ1v) is 12.5. The van der Waals surface area contributed by atoms with Crippen molar-refractivity contribution in [2.75, 3.05) is 20.1 Å². The van der Waals surface area contributed by atoms with E-state index in [1.165, 1.54) is 28.6 Å². The van der Waals surface area contributed by atoms with Gasteiger partial charge in [0.2, 0.25) is 11.8 Å². The number of nitrogens with zero attached hydrogens (tertiary/aromatic N) is 2. The van der Waals surface area contributed by atoms with Crippen LogP contribution in [0.5, 0.6) is 0 Å². The number of nitrogens with one attached hydrogen (secondary N) is 2. The van der Waals surface area contributed by atoms with Crippen LogP contribution in [0.25, 0.3) is 10.2 Å². The van der Waals surface area contributed by atoms with Gasteiger partial charge in [-0.15, -0.1) is 23.1 Å². The highest BCUT2D eigenvalue weighted by Crippen LogP contribution is 2.33. The molecule has 1 unspecified atom stereocenters. The molecule has 0 bridgehead atoms. The van der Waals surface area contributed by atoms with Crippen molar-refractivity contribution in [1.29, 1.82) is 0 Å².